The Hall–Kier alpha value is -4.11. The number of hydrogen-bond donors (Lipinski definition) is 0. The highest BCUT2D eigenvalue weighted by Crippen LogP contribution is 2.41. The van der Waals surface area contributed by atoms with Crippen LogP contribution in [0.2, 0.25) is 0 Å². The zero-order chi connectivity index (χ0) is 34.5. The van der Waals surface area contributed by atoms with Crippen LogP contribution >= 0.6 is 0 Å². The normalized spacial score (nSPS) is 24.3. The summed E-state index contributed by atoms with van der Waals surface area (Å²) in [5.41, 5.74) is -0.481. The number of anilines is 3. The lowest BCUT2D eigenvalue weighted by Gasteiger charge is -2.51. The first-order valence-electron chi connectivity index (χ1n) is 15.9. The number of benzene rings is 1. The summed E-state index contributed by atoms with van der Waals surface area (Å²) in [4.78, 5) is 53.5. The Kier molecular flexibility index (Phi) is 9.20. The molecule has 3 fully saturated rings. The molecule has 2 aromatic rings. The first-order valence-corrected chi connectivity index (χ1v) is 15.9. The topological polar surface area (TPSA) is 83.5 Å². The van der Waals surface area contributed by atoms with Gasteiger partial charge in [0.05, 0.1) is 23.0 Å². The number of rotatable bonds is 7. The van der Waals surface area contributed by atoms with Gasteiger partial charge in [0.15, 0.2) is 0 Å². The van der Waals surface area contributed by atoms with Gasteiger partial charge in [-0.3, -0.25) is 29.1 Å². The minimum Gasteiger partial charge on any atom is -0.366 e. The van der Waals surface area contributed by atoms with Gasteiger partial charge < -0.3 is 14.7 Å². The van der Waals surface area contributed by atoms with E-state index in [1.54, 1.807) is 15.9 Å². The van der Waals surface area contributed by atoms with E-state index in [1.807, 2.05) is 0 Å². The molecule has 6 rings (SSSR count). The Morgan fingerprint density at radius 2 is 1.83 bits per heavy atom. The minimum absolute atomic E-state index is 0.0448. The van der Waals surface area contributed by atoms with Crippen LogP contribution < -0.4 is 14.7 Å². The van der Waals surface area contributed by atoms with Crippen LogP contribution in [-0.4, -0.2) is 122 Å². The fourth-order valence-corrected chi connectivity index (χ4v) is 7.46. The number of para-hydroxylation sites is 1. The summed E-state index contributed by atoms with van der Waals surface area (Å²) in [5.74, 6) is -2.74. The largest absolute Gasteiger partial charge is 0.416 e. The van der Waals surface area contributed by atoms with Crippen molar-refractivity contribution in [1.82, 2.24) is 19.7 Å². The smallest absolute Gasteiger partial charge is 0.366 e. The quantitative estimate of drug-likeness (QED) is 0.330. The molecule has 4 aliphatic heterocycles. The highest BCUT2D eigenvalue weighted by molar-refractivity contribution is 6.10. The van der Waals surface area contributed by atoms with E-state index in [9.17, 15) is 31.9 Å². The van der Waals surface area contributed by atoms with Gasteiger partial charge in [-0.25, -0.2) is 13.8 Å². The first-order chi connectivity index (χ1) is 22.8. The van der Waals surface area contributed by atoms with Crippen molar-refractivity contribution in [2.45, 2.75) is 37.6 Å². The molecule has 0 aliphatic carbocycles. The molecule has 3 amide bonds. The van der Waals surface area contributed by atoms with Gasteiger partial charge in [-0.05, 0) is 37.3 Å². The molecule has 15 heteroatoms. The molecule has 3 saturated heterocycles. The van der Waals surface area contributed by atoms with Crippen molar-refractivity contribution in [2.75, 3.05) is 80.8 Å². The molecule has 3 atom stereocenters. The number of amides is 3. The van der Waals surface area contributed by atoms with E-state index in [4.69, 9.17) is 0 Å². The van der Waals surface area contributed by atoms with Crippen LogP contribution in [0.3, 0.4) is 0 Å². The van der Waals surface area contributed by atoms with E-state index in [-0.39, 0.29) is 53.8 Å². The van der Waals surface area contributed by atoms with E-state index in [0.29, 0.717) is 45.8 Å². The molecule has 0 radical (unpaired) electrons. The maximum absolute atomic E-state index is 15.6. The fraction of sp³-hybridized carbons (Fsp3) is 0.515. The summed E-state index contributed by atoms with van der Waals surface area (Å²) in [5, 5.41) is 0. The molecule has 1 aromatic carbocycles. The van der Waals surface area contributed by atoms with Crippen molar-refractivity contribution in [3.63, 3.8) is 0 Å². The molecule has 0 saturated carbocycles. The average molecular weight is 676 g/mol. The third-order valence-electron chi connectivity index (χ3n) is 9.92. The van der Waals surface area contributed by atoms with Gasteiger partial charge in [0.25, 0.3) is 0 Å². The summed E-state index contributed by atoms with van der Waals surface area (Å²) in [6, 6.07) is 4.55. The van der Waals surface area contributed by atoms with Gasteiger partial charge in [-0.1, -0.05) is 12.6 Å². The number of nitrogens with zero attached hydrogens (tertiary/aromatic N) is 7. The maximum atomic E-state index is 15.6. The monoisotopic (exact) mass is 675 g/mol. The molecular formula is C33H38F5N7O3. The highest BCUT2D eigenvalue weighted by Gasteiger charge is 2.50. The van der Waals surface area contributed by atoms with Gasteiger partial charge in [-0.15, -0.1) is 0 Å². The van der Waals surface area contributed by atoms with Crippen molar-refractivity contribution < 1.29 is 36.3 Å². The van der Waals surface area contributed by atoms with E-state index in [0.717, 1.165) is 17.0 Å². The summed E-state index contributed by atoms with van der Waals surface area (Å²) in [6.07, 6.45) is -3.56. The van der Waals surface area contributed by atoms with Gasteiger partial charge in [0.2, 0.25) is 17.7 Å². The van der Waals surface area contributed by atoms with Crippen molar-refractivity contribution in [3.05, 3.63) is 60.1 Å². The predicted octanol–water partition coefficient (Wildman–Crippen LogP) is 3.10. The maximum Gasteiger partial charge on any atom is 0.416 e. The Balaban J connectivity index is 1.23. The second-order valence-electron chi connectivity index (χ2n) is 12.9. The molecule has 10 nitrogen and oxygen atoms in total. The zero-order valence-corrected chi connectivity index (χ0v) is 26.8. The number of aromatic nitrogens is 1. The highest BCUT2D eigenvalue weighted by atomic mass is 19.4. The van der Waals surface area contributed by atoms with Gasteiger partial charge in [0.1, 0.15) is 24.4 Å². The van der Waals surface area contributed by atoms with Crippen molar-refractivity contribution in [2.24, 2.45) is 5.92 Å². The number of carbonyl (C=O) groups excluding carboxylic acids is 3. The van der Waals surface area contributed by atoms with E-state index >= 15 is 4.39 Å². The molecule has 258 valence electrons. The van der Waals surface area contributed by atoms with Crippen molar-refractivity contribution in [3.8, 4) is 0 Å². The molecule has 0 spiro atoms. The molecule has 0 unspecified atom stereocenters. The van der Waals surface area contributed by atoms with Crippen molar-refractivity contribution >= 4 is 34.9 Å². The number of likely N-dealkylation sites (N-methyl/N-ethyl adjacent to an activating group) is 1. The zero-order valence-electron chi connectivity index (χ0n) is 26.8. The third kappa shape index (κ3) is 6.25. The number of pyridine rings is 1. The van der Waals surface area contributed by atoms with Crippen LogP contribution in [0.25, 0.3) is 0 Å². The standard InChI is InChI=1S/C33H38F5N7O3/c1-4-28(46)43-18-24(19-43)44-11-9-41(17-23(44)15-34)8-10-42-16-21-13-29(47)45(27-14-22(33(36,37)38)12-20(2)39-27)30(21)32(48)40(3)26-7-5-6-25(35)31(26)42/h4-7,12,14,21,23-24,30H,1,8-11,13,15-19H2,2-3H3/t21-,23+,30+/m1/s1. The molecule has 0 bridgehead atoms. The third-order valence-corrected chi connectivity index (χ3v) is 9.92. The van der Waals surface area contributed by atoms with E-state index in [2.05, 4.69) is 21.4 Å². The molecular weight excluding hydrogens is 637 g/mol. The van der Waals surface area contributed by atoms with Crippen LogP contribution in [0.1, 0.15) is 17.7 Å². The number of aryl methyl sites for hydroxylation is 1. The Morgan fingerprint density at radius 3 is 2.52 bits per heavy atom. The predicted molar refractivity (Wildman–Crippen MR) is 169 cm³/mol. The second kappa shape index (κ2) is 13.1. The van der Waals surface area contributed by atoms with Crippen LogP contribution in [0.5, 0.6) is 0 Å². The summed E-state index contributed by atoms with van der Waals surface area (Å²) in [7, 11) is 1.46. The summed E-state index contributed by atoms with van der Waals surface area (Å²) in [6.45, 7) is 7.83. The number of piperazine rings is 1. The Bertz CT molecular complexity index is 1600. The fourth-order valence-electron chi connectivity index (χ4n) is 7.46. The summed E-state index contributed by atoms with van der Waals surface area (Å²) < 4.78 is 71.0. The Labute approximate surface area is 275 Å². The van der Waals surface area contributed by atoms with Crippen LogP contribution in [0.4, 0.5) is 39.1 Å². The number of halogens is 5. The summed E-state index contributed by atoms with van der Waals surface area (Å²) >= 11 is 0. The number of fused-ring (bicyclic) bond motifs is 2. The average Bonchev–Trinajstić information content (AvgIpc) is 3.35. The van der Waals surface area contributed by atoms with Crippen LogP contribution in [0.15, 0.2) is 43.0 Å². The second-order valence-corrected chi connectivity index (χ2v) is 12.9. The van der Waals surface area contributed by atoms with Gasteiger partial charge in [0, 0.05) is 83.5 Å². The van der Waals surface area contributed by atoms with Crippen molar-refractivity contribution in [1.29, 1.82) is 0 Å². The van der Waals surface area contributed by atoms with Gasteiger partial charge in [-0.2, -0.15) is 13.2 Å². The lowest BCUT2D eigenvalue weighted by Crippen LogP contribution is -2.67. The molecule has 1 aromatic heterocycles. The molecule has 5 heterocycles. The number of carbonyl (C=O) groups is 3. The lowest BCUT2D eigenvalue weighted by molar-refractivity contribution is -0.137. The lowest BCUT2D eigenvalue weighted by atomic mass is 9.95. The van der Waals surface area contributed by atoms with Crippen LogP contribution in [-0.2, 0) is 20.6 Å². The minimum atomic E-state index is -4.69. The van der Waals surface area contributed by atoms with E-state index in [1.165, 1.54) is 37.1 Å². The molecule has 48 heavy (non-hydrogen) atoms. The number of likely N-dealkylation sites (tertiary alicyclic amines) is 1. The first kappa shape index (κ1) is 33.8. The number of hydrogen-bond acceptors (Lipinski definition) is 7. The molecule has 4 aliphatic rings. The molecule has 0 N–H and O–H groups in total. The van der Waals surface area contributed by atoms with Gasteiger partial charge >= 0.3 is 6.18 Å². The SMILES string of the molecule is C=CC(=O)N1CC(N2CCN(CCN3C[C@H]4CC(=O)N(c5cc(C(F)(F)F)cc(C)n5)[C@@H]4C(=O)N(C)c4cccc(F)c43)C[C@@H]2CF)C1. The number of alkyl halides is 4. The van der Waals surface area contributed by atoms with Crippen LogP contribution in [0, 0.1) is 18.7 Å². The Morgan fingerprint density at radius 1 is 1.08 bits per heavy atom. The van der Waals surface area contributed by atoms with E-state index < -0.39 is 48.0 Å².